The first kappa shape index (κ1) is 12.9. The number of anilines is 1. The topological polar surface area (TPSA) is 58.6 Å². The summed E-state index contributed by atoms with van der Waals surface area (Å²) in [4.78, 5) is 11.6. The maximum absolute atomic E-state index is 12.9. The lowest BCUT2D eigenvalue weighted by Gasteiger charge is -2.08. The van der Waals surface area contributed by atoms with E-state index < -0.39 is 11.7 Å². The van der Waals surface area contributed by atoms with Gasteiger partial charge in [0.15, 0.2) is 6.61 Å². The van der Waals surface area contributed by atoms with Gasteiger partial charge in [-0.15, -0.1) is 0 Å². The van der Waals surface area contributed by atoms with Gasteiger partial charge in [0.2, 0.25) is 0 Å². The highest BCUT2D eigenvalue weighted by atomic mass is 19.1. The number of aromatic hydroxyl groups is 1. The Balaban J connectivity index is 1.90. The number of hydrogen-bond acceptors (Lipinski definition) is 3. The predicted molar refractivity (Wildman–Crippen MR) is 68.6 cm³/mol. The Morgan fingerprint density at radius 3 is 2.74 bits per heavy atom. The van der Waals surface area contributed by atoms with E-state index in [4.69, 9.17) is 4.74 Å². The molecule has 0 aromatic heterocycles. The zero-order chi connectivity index (χ0) is 13.7. The number of carbonyl (C=O) groups is 1. The van der Waals surface area contributed by atoms with Crippen molar-refractivity contribution in [3.8, 4) is 11.5 Å². The summed E-state index contributed by atoms with van der Waals surface area (Å²) >= 11 is 0. The Morgan fingerprint density at radius 2 is 2.00 bits per heavy atom. The van der Waals surface area contributed by atoms with Crippen LogP contribution in [-0.2, 0) is 4.79 Å². The van der Waals surface area contributed by atoms with Crippen LogP contribution in [0.25, 0.3) is 0 Å². The standard InChI is InChI=1S/C14H12FNO3/c15-10-4-3-5-11(8-10)19-9-14(18)16-12-6-1-2-7-13(12)17/h1-8,17H,9H2,(H,16,18). The van der Waals surface area contributed by atoms with Crippen LogP contribution in [0.5, 0.6) is 11.5 Å². The molecule has 2 rings (SSSR count). The highest BCUT2D eigenvalue weighted by Crippen LogP contribution is 2.21. The van der Waals surface area contributed by atoms with E-state index in [1.165, 1.54) is 24.3 Å². The summed E-state index contributed by atoms with van der Waals surface area (Å²) in [5.41, 5.74) is 0.301. The molecule has 5 heteroatoms. The lowest BCUT2D eigenvalue weighted by atomic mass is 10.3. The van der Waals surface area contributed by atoms with Gasteiger partial charge in [0.1, 0.15) is 17.3 Å². The second kappa shape index (κ2) is 5.86. The van der Waals surface area contributed by atoms with Gasteiger partial charge in [-0.25, -0.2) is 4.39 Å². The minimum absolute atomic E-state index is 0.0263. The summed E-state index contributed by atoms with van der Waals surface area (Å²) in [6, 6.07) is 11.9. The first-order valence-electron chi connectivity index (χ1n) is 5.61. The van der Waals surface area contributed by atoms with Crippen molar-refractivity contribution in [1.29, 1.82) is 0 Å². The number of ether oxygens (including phenoxy) is 1. The Hall–Kier alpha value is -2.56. The van der Waals surface area contributed by atoms with Crippen molar-refractivity contribution < 1.29 is 19.0 Å². The minimum atomic E-state index is -0.439. The molecule has 0 fully saturated rings. The molecule has 0 saturated heterocycles. The molecule has 0 radical (unpaired) electrons. The molecule has 0 aliphatic rings. The van der Waals surface area contributed by atoms with Crippen LogP contribution in [0.1, 0.15) is 0 Å². The maximum Gasteiger partial charge on any atom is 0.262 e. The van der Waals surface area contributed by atoms with Crippen LogP contribution in [-0.4, -0.2) is 17.6 Å². The molecule has 0 unspecified atom stereocenters. The molecule has 0 saturated carbocycles. The molecule has 2 aromatic rings. The Morgan fingerprint density at radius 1 is 1.21 bits per heavy atom. The normalized spacial score (nSPS) is 9.95. The number of carbonyl (C=O) groups excluding carboxylic acids is 1. The van der Waals surface area contributed by atoms with E-state index in [1.807, 2.05) is 0 Å². The average Bonchev–Trinajstić information content (AvgIpc) is 2.39. The monoisotopic (exact) mass is 261 g/mol. The number of hydrogen-bond donors (Lipinski definition) is 2. The Bertz CT molecular complexity index is 586. The summed E-state index contributed by atoms with van der Waals surface area (Å²) in [5, 5.41) is 12.0. The van der Waals surface area contributed by atoms with Crippen molar-refractivity contribution in [1.82, 2.24) is 0 Å². The molecule has 0 aliphatic carbocycles. The molecule has 2 aromatic carbocycles. The van der Waals surface area contributed by atoms with Crippen molar-refractivity contribution in [2.24, 2.45) is 0 Å². The summed E-state index contributed by atoms with van der Waals surface area (Å²) in [5.74, 6) is -0.626. The predicted octanol–water partition coefficient (Wildman–Crippen LogP) is 2.55. The number of phenols is 1. The molecule has 0 atom stereocenters. The zero-order valence-electron chi connectivity index (χ0n) is 9.97. The third-order valence-corrected chi connectivity index (χ3v) is 2.34. The van der Waals surface area contributed by atoms with E-state index >= 15 is 0 Å². The molecule has 4 nitrogen and oxygen atoms in total. The van der Waals surface area contributed by atoms with Crippen molar-refractivity contribution in [2.75, 3.05) is 11.9 Å². The second-order valence-electron chi connectivity index (χ2n) is 3.81. The number of para-hydroxylation sites is 2. The molecule has 0 heterocycles. The van der Waals surface area contributed by atoms with Gasteiger partial charge < -0.3 is 15.2 Å². The zero-order valence-corrected chi connectivity index (χ0v) is 9.97. The lowest BCUT2D eigenvalue weighted by molar-refractivity contribution is -0.118. The number of benzene rings is 2. The van der Waals surface area contributed by atoms with E-state index in [0.29, 0.717) is 5.69 Å². The number of nitrogens with one attached hydrogen (secondary N) is 1. The van der Waals surface area contributed by atoms with Crippen LogP contribution in [0.2, 0.25) is 0 Å². The van der Waals surface area contributed by atoms with Gasteiger partial charge in [0.05, 0.1) is 5.69 Å². The second-order valence-corrected chi connectivity index (χ2v) is 3.81. The minimum Gasteiger partial charge on any atom is -0.506 e. The van der Waals surface area contributed by atoms with Gasteiger partial charge in [-0.2, -0.15) is 0 Å². The molecule has 0 bridgehead atoms. The van der Waals surface area contributed by atoms with E-state index in [1.54, 1.807) is 24.3 Å². The Labute approximate surface area is 109 Å². The quantitative estimate of drug-likeness (QED) is 0.831. The Kier molecular flexibility index (Phi) is 3.97. The van der Waals surface area contributed by atoms with E-state index in [-0.39, 0.29) is 18.1 Å². The van der Waals surface area contributed by atoms with Gasteiger partial charge in [0, 0.05) is 6.07 Å². The van der Waals surface area contributed by atoms with Crippen LogP contribution in [0.15, 0.2) is 48.5 Å². The molecule has 98 valence electrons. The van der Waals surface area contributed by atoms with Crippen LogP contribution in [0.4, 0.5) is 10.1 Å². The fourth-order valence-corrected chi connectivity index (χ4v) is 1.47. The van der Waals surface area contributed by atoms with Crippen LogP contribution in [0.3, 0.4) is 0 Å². The molecular weight excluding hydrogens is 249 g/mol. The van der Waals surface area contributed by atoms with Crippen molar-refractivity contribution in [3.63, 3.8) is 0 Å². The van der Waals surface area contributed by atoms with Gasteiger partial charge >= 0.3 is 0 Å². The number of rotatable bonds is 4. The number of amides is 1. The third kappa shape index (κ3) is 3.70. The first-order valence-corrected chi connectivity index (χ1v) is 5.61. The molecule has 2 N–H and O–H groups in total. The summed E-state index contributed by atoms with van der Waals surface area (Å²) < 4.78 is 18.0. The van der Waals surface area contributed by atoms with E-state index in [9.17, 15) is 14.3 Å². The van der Waals surface area contributed by atoms with Crippen molar-refractivity contribution >= 4 is 11.6 Å². The van der Waals surface area contributed by atoms with E-state index in [0.717, 1.165) is 0 Å². The smallest absolute Gasteiger partial charge is 0.262 e. The van der Waals surface area contributed by atoms with Crippen molar-refractivity contribution in [3.05, 3.63) is 54.3 Å². The molecule has 0 spiro atoms. The van der Waals surface area contributed by atoms with Crippen LogP contribution in [0, 0.1) is 5.82 Å². The summed E-state index contributed by atoms with van der Waals surface area (Å²) in [6.07, 6.45) is 0. The van der Waals surface area contributed by atoms with E-state index in [2.05, 4.69) is 5.32 Å². The summed E-state index contributed by atoms with van der Waals surface area (Å²) in [7, 11) is 0. The van der Waals surface area contributed by atoms with Gasteiger partial charge in [-0.1, -0.05) is 18.2 Å². The molecular formula is C14H12FNO3. The third-order valence-electron chi connectivity index (χ3n) is 2.34. The molecule has 1 amide bonds. The van der Waals surface area contributed by atoms with Gasteiger partial charge in [0.25, 0.3) is 5.91 Å². The number of phenolic OH excluding ortho intramolecular Hbond substituents is 1. The molecule has 19 heavy (non-hydrogen) atoms. The van der Waals surface area contributed by atoms with Gasteiger partial charge in [-0.05, 0) is 24.3 Å². The lowest BCUT2D eigenvalue weighted by Crippen LogP contribution is -2.20. The number of halogens is 1. The summed E-state index contributed by atoms with van der Waals surface area (Å²) in [6.45, 7) is -0.266. The maximum atomic E-state index is 12.9. The van der Waals surface area contributed by atoms with Crippen LogP contribution < -0.4 is 10.1 Å². The first-order chi connectivity index (χ1) is 9.15. The van der Waals surface area contributed by atoms with Gasteiger partial charge in [-0.3, -0.25) is 4.79 Å². The highest BCUT2D eigenvalue weighted by molar-refractivity contribution is 5.93. The molecule has 0 aliphatic heterocycles. The highest BCUT2D eigenvalue weighted by Gasteiger charge is 2.06. The largest absolute Gasteiger partial charge is 0.506 e. The van der Waals surface area contributed by atoms with Crippen molar-refractivity contribution in [2.45, 2.75) is 0 Å². The average molecular weight is 261 g/mol. The van der Waals surface area contributed by atoms with Crippen LogP contribution >= 0.6 is 0 Å². The SMILES string of the molecule is O=C(COc1cccc(F)c1)Nc1ccccc1O. The fraction of sp³-hybridized carbons (Fsp3) is 0.0714. The fourth-order valence-electron chi connectivity index (χ4n) is 1.47.